The van der Waals surface area contributed by atoms with Crippen LogP contribution in [0.1, 0.15) is 63.4 Å². The van der Waals surface area contributed by atoms with Crippen molar-refractivity contribution in [3.63, 3.8) is 0 Å². The van der Waals surface area contributed by atoms with Gasteiger partial charge in [-0.3, -0.25) is 19.2 Å². The van der Waals surface area contributed by atoms with Crippen LogP contribution in [-0.2, 0) is 28.7 Å². The lowest BCUT2D eigenvalue weighted by molar-refractivity contribution is -0.168. The SMILES string of the molecule is COC(=O)C1(C(=O)OC)C/C(=C\c2ccccc2)C(CC(C2=C(O)CCCC2=O)C2=C(O)CCCC2=O)C1. The number of Topliss-reactive ketones (excluding diaryl/α,β-unsaturated/α-hetero) is 2. The minimum Gasteiger partial charge on any atom is -0.512 e. The average Bonchev–Trinajstić information content (AvgIpc) is 3.26. The smallest absolute Gasteiger partial charge is 0.323 e. The minimum absolute atomic E-state index is 0.0476. The molecule has 0 spiro atoms. The van der Waals surface area contributed by atoms with Gasteiger partial charge in [-0.2, -0.15) is 0 Å². The Bertz CT molecular complexity index is 1160. The fourth-order valence-corrected chi connectivity index (χ4v) is 6.22. The number of carbonyl (C=O) groups is 4. The summed E-state index contributed by atoms with van der Waals surface area (Å²) in [5, 5.41) is 21.6. The van der Waals surface area contributed by atoms with Gasteiger partial charge in [0.2, 0.25) is 0 Å². The first-order valence-corrected chi connectivity index (χ1v) is 13.0. The maximum absolute atomic E-state index is 13.1. The van der Waals surface area contributed by atoms with E-state index in [9.17, 15) is 29.4 Å². The van der Waals surface area contributed by atoms with E-state index in [0.29, 0.717) is 25.7 Å². The average molecular weight is 523 g/mol. The lowest BCUT2D eigenvalue weighted by Crippen LogP contribution is -2.39. The number of allylic oxidation sites excluding steroid dienone is 5. The molecule has 3 aliphatic carbocycles. The van der Waals surface area contributed by atoms with Gasteiger partial charge in [0.15, 0.2) is 17.0 Å². The number of carbonyl (C=O) groups excluding carboxylic acids is 4. The van der Waals surface area contributed by atoms with Gasteiger partial charge in [0.25, 0.3) is 0 Å². The van der Waals surface area contributed by atoms with Crippen LogP contribution in [0.2, 0.25) is 0 Å². The molecule has 8 heteroatoms. The summed E-state index contributed by atoms with van der Waals surface area (Å²) in [5.41, 5.74) is 0.352. The van der Waals surface area contributed by atoms with E-state index in [1.165, 1.54) is 14.2 Å². The molecule has 1 unspecified atom stereocenters. The van der Waals surface area contributed by atoms with Crippen LogP contribution in [0.25, 0.3) is 6.08 Å². The van der Waals surface area contributed by atoms with Crippen molar-refractivity contribution in [1.82, 2.24) is 0 Å². The van der Waals surface area contributed by atoms with E-state index >= 15 is 0 Å². The third kappa shape index (κ3) is 5.17. The predicted molar refractivity (Wildman–Crippen MR) is 139 cm³/mol. The Kier molecular flexibility index (Phi) is 8.19. The van der Waals surface area contributed by atoms with Gasteiger partial charge in [0, 0.05) is 42.7 Å². The molecule has 0 amide bonds. The molecule has 0 aromatic heterocycles. The first kappa shape index (κ1) is 27.4. The van der Waals surface area contributed by atoms with Crippen molar-refractivity contribution in [3.8, 4) is 0 Å². The number of ether oxygens (including phenoxy) is 2. The second-order valence-corrected chi connectivity index (χ2v) is 10.3. The number of esters is 2. The van der Waals surface area contributed by atoms with Crippen molar-refractivity contribution >= 4 is 29.6 Å². The number of rotatable bonds is 7. The molecule has 0 bridgehead atoms. The first-order chi connectivity index (χ1) is 18.2. The summed E-state index contributed by atoms with van der Waals surface area (Å²) < 4.78 is 10.1. The summed E-state index contributed by atoms with van der Waals surface area (Å²) in [7, 11) is 2.44. The Balaban J connectivity index is 1.85. The summed E-state index contributed by atoms with van der Waals surface area (Å²) in [6, 6.07) is 9.43. The fraction of sp³-hybridized carbons (Fsp3) is 0.467. The largest absolute Gasteiger partial charge is 0.512 e. The molecule has 1 saturated carbocycles. The van der Waals surface area contributed by atoms with E-state index in [1.807, 2.05) is 36.4 Å². The molecule has 1 aromatic carbocycles. The van der Waals surface area contributed by atoms with Gasteiger partial charge in [-0.05, 0) is 43.6 Å². The third-order valence-corrected chi connectivity index (χ3v) is 8.00. The van der Waals surface area contributed by atoms with Gasteiger partial charge in [-0.15, -0.1) is 0 Å². The standard InChI is InChI=1S/C30H34O8/c1-37-28(35)30(29(36)38-2)16-19(14-18-8-4-3-5-9-18)20(17-30)15-21(26-22(31)10-6-11-23(26)32)27-24(33)12-7-13-25(27)34/h3-5,8-9,14,20-21,31,33H,6-7,10-13,15-17H2,1-2H3/b19-14+. The van der Waals surface area contributed by atoms with Crippen LogP contribution in [0.15, 0.2) is 58.6 Å². The van der Waals surface area contributed by atoms with Crippen molar-refractivity contribution < 1.29 is 38.9 Å². The molecule has 0 radical (unpaired) electrons. The fourth-order valence-electron chi connectivity index (χ4n) is 6.22. The molecule has 3 aliphatic rings. The van der Waals surface area contributed by atoms with E-state index in [1.54, 1.807) is 0 Å². The second kappa shape index (κ2) is 11.4. The minimum atomic E-state index is -1.58. The quantitative estimate of drug-likeness (QED) is 0.380. The van der Waals surface area contributed by atoms with Crippen LogP contribution in [0.3, 0.4) is 0 Å². The van der Waals surface area contributed by atoms with Crippen molar-refractivity contribution in [2.24, 2.45) is 17.3 Å². The Morgan fingerprint density at radius 3 is 1.92 bits per heavy atom. The zero-order valence-electron chi connectivity index (χ0n) is 21.8. The van der Waals surface area contributed by atoms with Crippen LogP contribution >= 0.6 is 0 Å². The van der Waals surface area contributed by atoms with Crippen LogP contribution in [-0.4, -0.2) is 47.9 Å². The highest BCUT2D eigenvalue weighted by atomic mass is 16.5. The predicted octanol–water partition coefficient (Wildman–Crippen LogP) is 4.95. The van der Waals surface area contributed by atoms with Gasteiger partial charge >= 0.3 is 11.9 Å². The van der Waals surface area contributed by atoms with E-state index in [0.717, 1.165) is 11.1 Å². The topological polar surface area (TPSA) is 127 Å². The maximum atomic E-state index is 13.1. The molecule has 0 saturated heterocycles. The molecule has 1 fully saturated rings. The summed E-state index contributed by atoms with van der Waals surface area (Å²) in [6.45, 7) is 0. The van der Waals surface area contributed by atoms with Crippen LogP contribution in [0.4, 0.5) is 0 Å². The second-order valence-electron chi connectivity index (χ2n) is 10.3. The van der Waals surface area contributed by atoms with E-state index in [2.05, 4.69) is 0 Å². The monoisotopic (exact) mass is 522 g/mol. The molecule has 8 nitrogen and oxygen atoms in total. The van der Waals surface area contributed by atoms with Crippen molar-refractivity contribution in [2.45, 2.75) is 57.8 Å². The van der Waals surface area contributed by atoms with E-state index < -0.39 is 29.2 Å². The van der Waals surface area contributed by atoms with Crippen LogP contribution < -0.4 is 0 Å². The van der Waals surface area contributed by atoms with Crippen molar-refractivity contribution in [2.75, 3.05) is 14.2 Å². The summed E-state index contributed by atoms with van der Waals surface area (Å²) >= 11 is 0. The number of benzene rings is 1. The highest BCUT2D eigenvalue weighted by molar-refractivity contribution is 6.03. The number of hydrogen-bond acceptors (Lipinski definition) is 8. The Hall–Kier alpha value is -3.68. The zero-order valence-corrected chi connectivity index (χ0v) is 21.8. The van der Waals surface area contributed by atoms with E-state index in [4.69, 9.17) is 9.47 Å². The van der Waals surface area contributed by atoms with Gasteiger partial charge in [-0.25, -0.2) is 0 Å². The molecular weight excluding hydrogens is 488 g/mol. The number of aliphatic hydroxyl groups excluding tert-OH is 2. The lowest BCUT2D eigenvalue weighted by Gasteiger charge is -2.30. The van der Waals surface area contributed by atoms with Gasteiger partial charge < -0.3 is 19.7 Å². The maximum Gasteiger partial charge on any atom is 0.323 e. The van der Waals surface area contributed by atoms with Gasteiger partial charge in [0.05, 0.1) is 25.7 Å². The molecule has 1 atom stereocenters. The van der Waals surface area contributed by atoms with Crippen LogP contribution in [0, 0.1) is 17.3 Å². The summed E-state index contributed by atoms with van der Waals surface area (Å²) in [5.74, 6) is -3.36. The summed E-state index contributed by atoms with van der Waals surface area (Å²) in [4.78, 5) is 52.2. The molecular formula is C30H34O8. The van der Waals surface area contributed by atoms with Gasteiger partial charge in [0.1, 0.15) is 0 Å². The Morgan fingerprint density at radius 2 is 1.45 bits per heavy atom. The number of hydrogen-bond donors (Lipinski definition) is 2. The Labute approximate surface area is 222 Å². The van der Waals surface area contributed by atoms with Crippen molar-refractivity contribution in [1.29, 1.82) is 0 Å². The normalized spacial score (nSPS) is 22.8. The molecule has 4 rings (SSSR count). The van der Waals surface area contributed by atoms with Crippen LogP contribution in [0.5, 0.6) is 0 Å². The lowest BCUT2D eigenvalue weighted by atomic mass is 9.73. The number of ketones is 2. The molecule has 2 N–H and O–H groups in total. The summed E-state index contributed by atoms with van der Waals surface area (Å²) in [6.07, 6.45) is 4.29. The number of methoxy groups -OCH3 is 2. The van der Waals surface area contributed by atoms with E-state index in [-0.39, 0.29) is 66.3 Å². The molecule has 202 valence electrons. The zero-order chi connectivity index (χ0) is 27.4. The highest BCUT2D eigenvalue weighted by Gasteiger charge is 2.56. The molecule has 0 aliphatic heterocycles. The van der Waals surface area contributed by atoms with Gasteiger partial charge in [-0.1, -0.05) is 42.0 Å². The molecule has 38 heavy (non-hydrogen) atoms. The Morgan fingerprint density at radius 1 is 0.921 bits per heavy atom. The third-order valence-electron chi connectivity index (χ3n) is 8.00. The van der Waals surface area contributed by atoms with Crippen molar-refractivity contribution in [3.05, 3.63) is 64.1 Å². The molecule has 1 aromatic rings. The first-order valence-electron chi connectivity index (χ1n) is 13.0. The highest BCUT2D eigenvalue weighted by Crippen LogP contribution is 2.52. The molecule has 0 heterocycles. The number of aliphatic hydroxyl groups is 2.